The molecule has 1 unspecified atom stereocenters. The van der Waals surface area contributed by atoms with Crippen LogP contribution >= 0.6 is 0 Å². The first-order valence-corrected chi connectivity index (χ1v) is 15.2. The molecule has 0 radical (unpaired) electrons. The molecule has 0 amide bonds. The van der Waals surface area contributed by atoms with Crippen molar-refractivity contribution in [3.05, 3.63) is 0 Å². The van der Waals surface area contributed by atoms with Crippen molar-refractivity contribution in [2.24, 2.45) is 5.73 Å². The van der Waals surface area contributed by atoms with E-state index < -0.39 is 8.80 Å². The molecule has 0 saturated heterocycles. The summed E-state index contributed by atoms with van der Waals surface area (Å²) in [5, 5.41) is 0. The predicted molar refractivity (Wildman–Crippen MR) is 137 cm³/mol. The highest BCUT2D eigenvalue weighted by Gasteiger charge is 2.49. The van der Waals surface area contributed by atoms with Gasteiger partial charge in [0.2, 0.25) is 0 Å². The highest BCUT2D eigenvalue weighted by molar-refractivity contribution is 6.62. The van der Waals surface area contributed by atoms with Crippen molar-refractivity contribution in [3.8, 4) is 0 Å². The van der Waals surface area contributed by atoms with Gasteiger partial charge in [0.1, 0.15) is 0 Å². The summed E-state index contributed by atoms with van der Waals surface area (Å²) in [6.45, 7) is 8.62. The molecule has 0 rings (SSSR count). The second-order valence-electron chi connectivity index (χ2n) is 9.94. The molecule has 0 aliphatic carbocycles. The third-order valence-electron chi connectivity index (χ3n) is 6.51. The van der Waals surface area contributed by atoms with E-state index in [0.29, 0.717) is 0 Å². The van der Waals surface area contributed by atoms with Crippen LogP contribution in [-0.4, -0.2) is 34.3 Å². The Morgan fingerprint density at radius 2 is 1.00 bits per heavy atom. The van der Waals surface area contributed by atoms with Crippen molar-refractivity contribution in [3.63, 3.8) is 0 Å². The molecule has 0 spiro atoms. The Morgan fingerprint density at radius 3 is 1.32 bits per heavy atom. The molecule has 0 fully saturated rings. The molecule has 0 aromatic rings. The van der Waals surface area contributed by atoms with E-state index in [0.717, 1.165) is 12.8 Å². The maximum absolute atomic E-state index is 6.37. The summed E-state index contributed by atoms with van der Waals surface area (Å²) in [7, 11) is 0.510. The number of rotatable bonds is 23. The topological polar surface area (TPSA) is 53.7 Å². The van der Waals surface area contributed by atoms with Gasteiger partial charge in [0.05, 0.1) is 11.3 Å². The second kappa shape index (κ2) is 19.5. The Kier molecular flexibility index (Phi) is 19.6. The van der Waals surface area contributed by atoms with Crippen LogP contribution in [-0.2, 0) is 13.3 Å². The lowest BCUT2D eigenvalue weighted by Gasteiger charge is -2.38. The monoisotopic (exact) mass is 459 g/mol. The van der Waals surface area contributed by atoms with Crippen LogP contribution in [0.25, 0.3) is 0 Å². The molecular weight excluding hydrogens is 402 g/mol. The molecule has 0 aromatic carbocycles. The molecule has 2 N–H and O–H groups in total. The Balaban J connectivity index is 3.67. The molecular formula is C26H57NO3Si. The molecule has 188 valence electrons. The average molecular weight is 460 g/mol. The zero-order valence-electron chi connectivity index (χ0n) is 22.1. The van der Waals surface area contributed by atoms with E-state index in [-0.39, 0.29) is 11.3 Å². The minimum atomic E-state index is -2.82. The minimum Gasteiger partial charge on any atom is -0.376 e. The van der Waals surface area contributed by atoms with Crippen LogP contribution in [0.4, 0.5) is 0 Å². The van der Waals surface area contributed by atoms with Gasteiger partial charge in [-0.05, 0) is 26.7 Å². The van der Waals surface area contributed by atoms with Gasteiger partial charge in [-0.15, -0.1) is 0 Å². The molecule has 0 aliphatic rings. The number of hydrogen-bond acceptors (Lipinski definition) is 4. The summed E-state index contributed by atoms with van der Waals surface area (Å²) < 4.78 is 17.7. The summed E-state index contributed by atoms with van der Waals surface area (Å²) in [4.78, 5) is 0. The van der Waals surface area contributed by atoms with Crippen molar-refractivity contribution < 1.29 is 13.3 Å². The fourth-order valence-electron chi connectivity index (χ4n) is 4.33. The lowest BCUT2D eigenvalue weighted by molar-refractivity contribution is -0.00711. The molecule has 0 aromatic heterocycles. The summed E-state index contributed by atoms with van der Waals surface area (Å²) in [5.41, 5.74) is 5.82. The van der Waals surface area contributed by atoms with Gasteiger partial charge in [-0.25, -0.2) is 0 Å². The highest BCUT2D eigenvalue weighted by atomic mass is 28.4. The van der Waals surface area contributed by atoms with Crippen LogP contribution in [0.5, 0.6) is 0 Å². The van der Waals surface area contributed by atoms with Crippen LogP contribution in [0.3, 0.4) is 0 Å². The van der Waals surface area contributed by atoms with Crippen molar-refractivity contribution in [1.82, 2.24) is 0 Å². The fraction of sp³-hybridized carbons (Fsp3) is 1.00. The van der Waals surface area contributed by atoms with Gasteiger partial charge < -0.3 is 19.0 Å². The van der Waals surface area contributed by atoms with Crippen LogP contribution in [0, 0.1) is 0 Å². The predicted octanol–water partition coefficient (Wildman–Crippen LogP) is 7.94. The summed E-state index contributed by atoms with van der Waals surface area (Å²) in [6.07, 6.45) is 24.1. The Labute approximate surface area is 196 Å². The first-order chi connectivity index (χ1) is 14.9. The summed E-state index contributed by atoms with van der Waals surface area (Å²) >= 11 is 0. The van der Waals surface area contributed by atoms with E-state index in [2.05, 4.69) is 27.7 Å². The van der Waals surface area contributed by atoms with Gasteiger partial charge in [-0.1, -0.05) is 117 Å². The molecule has 0 aliphatic heterocycles. The fourth-order valence-corrected chi connectivity index (χ4v) is 6.79. The van der Waals surface area contributed by atoms with Gasteiger partial charge in [-0.3, -0.25) is 0 Å². The number of hydrogen-bond donors (Lipinski definition) is 1. The van der Waals surface area contributed by atoms with Crippen molar-refractivity contribution in [2.45, 2.75) is 155 Å². The van der Waals surface area contributed by atoms with E-state index in [9.17, 15) is 0 Å². The largest absolute Gasteiger partial charge is 0.518 e. The minimum absolute atomic E-state index is 0.174. The van der Waals surface area contributed by atoms with Crippen molar-refractivity contribution in [1.29, 1.82) is 0 Å². The first kappa shape index (κ1) is 31.1. The highest BCUT2D eigenvalue weighted by Crippen LogP contribution is 2.27. The SMILES string of the molecule is CCCCCCCCCCCCCCCCCCC(C)(C)O[Si](OC)(OC)C(N)CC. The van der Waals surface area contributed by atoms with E-state index in [1.807, 2.05) is 0 Å². The van der Waals surface area contributed by atoms with Crippen LogP contribution in [0.1, 0.15) is 143 Å². The molecule has 5 heteroatoms. The normalized spacial score (nSPS) is 13.6. The van der Waals surface area contributed by atoms with Crippen molar-refractivity contribution >= 4 is 8.80 Å². The maximum atomic E-state index is 6.37. The van der Waals surface area contributed by atoms with E-state index >= 15 is 0 Å². The quantitative estimate of drug-likeness (QED) is 0.124. The number of unbranched alkanes of at least 4 members (excludes halogenated alkanes) is 15. The van der Waals surface area contributed by atoms with Gasteiger partial charge in [0.15, 0.2) is 0 Å². The molecule has 31 heavy (non-hydrogen) atoms. The third-order valence-corrected chi connectivity index (χ3v) is 9.81. The van der Waals surface area contributed by atoms with Gasteiger partial charge >= 0.3 is 8.80 Å². The zero-order chi connectivity index (χ0) is 23.4. The average Bonchev–Trinajstić information content (AvgIpc) is 2.76. The Hall–Kier alpha value is 0.0569. The Morgan fingerprint density at radius 1 is 0.645 bits per heavy atom. The first-order valence-electron chi connectivity index (χ1n) is 13.4. The Bertz CT molecular complexity index is 389. The van der Waals surface area contributed by atoms with E-state index in [4.69, 9.17) is 19.0 Å². The van der Waals surface area contributed by atoms with Gasteiger partial charge in [0.25, 0.3) is 0 Å². The van der Waals surface area contributed by atoms with Crippen LogP contribution < -0.4 is 5.73 Å². The van der Waals surface area contributed by atoms with E-state index in [1.165, 1.54) is 103 Å². The molecule has 0 heterocycles. The number of nitrogens with two attached hydrogens (primary N) is 1. The maximum Gasteiger partial charge on any atom is 0.518 e. The molecule has 1 atom stereocenters. The van der Waals surface area contributed by atoms with Gasteiger partial charge in [-0.2, -0.15) is 0 Å². The zero-order valence-corrected chi connectivity index (χ0v) is 23.1. The smallest absolute Gasteiger partial charge is 0.376 e. The van der Waals surface area contributed by atoms with E-state index in [1.54, 1.807) is 14.2 Å². The second-order valence-corrected chi connectivity index (χ2v) is 12.9. The third kappa shape index (κ3) is 15.5. The van der Waals surface area contributed by atoms with Crippen LogP contribution in [0.2, 0.25) is 0 Å². The lowest BCUT2D eigenvalue weighted by atomic mass is 9.99. The molecule has 0 bridgehead atoms. The standard InChI is InChI=1S/C26H57NO3Si/c1-7-9-10-11-12-13-14-15-16-17-18-19-20-21-22-23-24-26(3,4)30-31(28-5,29-6)25(27)8-2/h25H,7-24,27H2,1-6H3. The molecule has 0 saturated carbocycles. The summed E-state index contributed by atoms with van der Waals surface area (Å²) in [6, 6.07) is 0. The lowest BCUT2D eigenvalue weighted by Crippen LogP contribution is -2.62. The van der Waals surface area contributed by atoms with Crippen LogP contribution in [0.15, 0.2) is 0 Å². The summed E-state index contributed by atoms with van der Waals surface area (Å²) in [5.74, 6) is 0. The van der Waals surface area contributed by atoms with Gasteiger partial charge in [0, 0.05) is 14.2 Å². The molecule has 4 nitrogen and oxygen atoms in total. The van der Waals surface area contributed by atoms with Crippen molar-refractivity contribution in [2.75, 3.05) is 14.2 Å².